The van der Waals surface area contributed by atoms with Gasteiger partial charge in [-0.2, -0.15) is 0 Å². The van der Waals surface area contributed by atoms with Crippen molar-refractivity contribution >= 4 is 34.1 Å². The lowest BCUT2D eigenvalue weighted by Gasteiger charge is -2.23. The lowest BCUT2D eigenvalue weighted by Crippen LogP contribution is -2.36. The van der Waals surface area contributed by atoms with Crippen LogP contribution in [-0.2, 0) is 11.2 Å². The van der Waals surface area contributed by atoms with Crippen molar-refractivity contribution in [2.75, 3.05) is 11.9 Å². The third-order valence-electron chi connectivity index (χ3n) is 7.66. The van der Waals surface area contributed by atoms with Gasteiger partial charge in [-0.15, -0.1) is 11.3 Å². The number of benzene rings is 1. The number of aliphatic hydroxyl groups excluding tert-OH is 2. The van der Waals surface area contributed by atoms with Crippen molar-refractivity contribution < 1.29 is 15.0 Å². The molecule has 0 spiro atoms. The highest BCUT2D eigenvalue weighted by atomic mass is 32.1. The molecule has 37 heavy (non-hydrogen) atoms. The predicted octanol–water partition coefficient (Wildman–Crippen LogP) is 3.12. The van der Waals surface area contributed by atoms with Crippen LogP contribution < -0.4 is 5.32 Å². The molecule has 0 aliphatic heterocycles. The zero-order valence-electron chi connectivity index (χ0n) is 20.5. The number of hydrogen-bond acceptors (Lipinski definition) is 8. The average Bonchev–Trinajstić information content (AvgIpc) is 3.14. The van der Waals surface area contributed by atoms with Crippen molar-refractivity contribution in [2.24, 2.45) is 11.3 Å². The summed E-state index contributed by atoms with van der Waals surface area (Å²) in [6.45, 7) is 4.16. The molecular weight excluding hydrogens is 486 g/mol. The molecule has 2 saturated carbocycles. The number of nitrogens with zero attached hydrogens (tertiary/aromatic N) is 4. The minimum Gasteiger partial charge on any atom is -0.389 e. The summed E-state index contributed by atoms with van der Waals surface area (Å²) in [5, 5.41) is 25.1. The van der Waals surface area contributed by atoms with Gasteiger partial charge in [0.2, 0.25) is 5.82 Å². The van der Waals surface area contributed by atoms with Crippen molar-refractivity contribution in [3.8, 4) is 11.8 Å². The number of aromatic nitrogens is 4. The maximum Gasteiger partial charge on any atom is 0.209 e. The Hall–Kier alpha value is -3.58. The number of hydrogen-bond donors (Lipinski definition) is 3. The first-order valence-corrected chi connectivity index (χ1v) is 13.2. The molecular formula is C28H27N5O3S. The predicted molar refractivity (Wildman–Crippen MR) is 141 cm³/mol. The van der Waals surface area contributed by atoms with Crippen molar-refractivity contribution in [1.29, 1.82) is 0 Å². The van der Waals surface area contributed by atoms with Gasteiger partial charge < -0.3 is 20.1 Å². The van der Waals surface area contributed by atoms with E-state index >= 15 is 0 Å². The summed E-state index contributed by atoms with van der Waals surface area (Å²) in [7, 11) is 0. The number of fused-ring (bicyclic) bond motifs is 2. The number of anilines is 1. The average molecular weight is 514 g/mol. The Bertz CT molecular complexity index is 1550. The normalized spacial score (nSPS) is 25.9. The number of ketones is 1. The Morgan fingerprint density at radius 2 is 2.00 bits per heavy atom. The largest absolute Gasteiger partial charge is 0.389 e. The van der Waals surface area contributed by atoms with Crippen molar-refractivity contribution in [1.82, 2.24) is 19.5 Å². The number of nitrogens with one attached hydrogen (secondary N) is 1. The number of Topliss-reactive ketones (excluding diaryl/α,β-unsaturated/α-hetero) is 1. The van der Waals surface area contributed by atoms with Crippen LogP contribution in [0.25, 0.3) is 11.2 Å². The van der Waals surface area contributed by atoms with Crippen LogP contribution in [0, 0.1) is 30.1 Å². The second-order valence-electron chi connectivity index (χ2n) is 9.88. The van der Waals surface area contributed by atoms with Gasteiger partial charge in [0.15, 0.2) is 17.0 Å². The quantitative estimate of drug-likeness (QED) is 0.340. The van der Waals surface area contributed by atoms with Crippen LogP contribution in [0.5, 0.6) is 0 Å². The number of aliphatic hydroxyl groups is 2. The number of imidazole rings is 1. The number of rotatable bonds is 6. The standard InChI is InChI=1S/C28H27N5O3S/c1-16-8-9-19(37-16)10-11-21-31-26(29-13-12-18-6-4-3-5-7-18)22-27(32-21)33(15-30-22)23-20-14-28(20,17(2)34)25(36)24(23)35/h3-9,15,20,23-25,35-36H,12-14H2,1-2H3,(H,29,31,32)/t20?,23-,24+,25?,28-/m1/s1. The zero-order valence-corrected chi connectivity index (χ0v) is 21.4. The Balaban J connectivity index is 1.38. The minimum absolute atomic E-state index is 0.0911. The molecule has 2 fully saturated rings. The molecule has 2 aliphatic carbocycles. The summed E-state index contributed by atoms with van der Waals surface area (Å²) in [6.07, 6.45) is 0.774. The summed E-state index contributed by atoms with van der Waals surface area (Å²) in [6, 6.07) is 13.7. The molecule has 6 rings (SSSR count). The first-order valence-electron chi connectivity index (χ1n) is 12.4. The van der Waals surface area contributed by atoms with Gasteiger partial charge in [0, 0.05) is 11.4 Å². The lowest BCUT2D eigenvalue weighted by atomic mass is 9.95. The van der Waals surface area contributed by atoms with Gasteiger partial charge in [0.25, 0.3) is 0 Å². The molecule has 3 N–H and O–H groups in total. The fraction of sp³-hybridized carbons (Fsp3) is 0.357. The second kappa shape index (κ2) is 9.06. The van der Waals surface area contributed by atoms with E-state index in [1.54, 1.807) is 22.2 Å². The fourth-order valence-corrected chi connectivity index (χ4v) is 6.40. The summed E-state index contributed by atoms with van der Waals surface area (Å²) in [4.78, 5) is 28.4. The molecule has 3 heterocycles. The molecule has 5 atom stereocenters. The summed E-state index contributed by atoms with van der Waals surface area (Å²) < 4.78 is 1.79. The Labute approximate surface area is 218 Å². The van der Waals surface area contributed by atoms with Gasteiger partial charge >= 0.3 is 0 Å². The monoisotopic (exact) mass is 513 g/mol. The van der Waals surface area contributed by atoms with Gasteiger partial charge in [0.1, 0.15) is 11.9 Å². The maximum absolute atomic E-state index is 12.4. The highest BCUT2D eigenvalue weighted by molar-refractivity contribution is 7.12. The van der Waals surface area contributed by atoms with Crippen molar-refractivity contribution in [3.05, 3.63) is 69.9 Å². The zero-order chi connectivity index (χ0) is 25.7. The highest BCUT2D eigenvalue weighted by Gasteiger charge is 2.74. The molecule has 188 valence electrons. The van der Waals surface area contributed by atoms with Gasteiger partial charge in [-0.1, -0.05) is 30.3 Å². The Morgan fingerprint density at radius 3 is 2.70 bits per heavy atom. The van der Waals surface area contributed by atoms with Crippen molar-refractivity contribution in [3.63, 3.8) is 0 Å². The smallest absolute Gasteiger partial charge is 0.209 e. The van der Waals surface area contributed by atoms with Crippen LogP contribution in [0.15, 0.2) is 48.8 Å². The van der Waals surface area contributed by atoms with E-state index in [0.717, 1.165) is 11.3 Å². The maximum atomic E-state index is 12.4. The van der Waals surface area contributed by atoms with Gasteiger partial charge in [-0.3, -0.25) is 4.79 Å². The van der Waals surface area contributed by atoms with Crippen LogP contribution in [0.1, 0.15) is 40.5 Å². The number of aryl methyl sites for hydroxylation is 1. The van der Waals surface area contributed by atoms with Crippen LogP contribution in [0.4, 0.5) is 5.82 Å². The van der Waals surface area contributed by atoms with Gasteiger partial charge in [-0.05, 0) is 62.1 Å². The van der Waals surface area contributed by atoms with E-state index in [1.165, 1.54) is 17.4 Å². The molecule has 0 radical (unpaired) electrons. The van der Waals surface area contributed by atoms with E-state index in [2.05, 4.69) is 39.3 Å². The highest BCUT2D eigenvalue weighted by Crippen LogP contribution is 2.68. The SMILES string of the molecule is CC(=O)[C@]12CC1[C@@H](n1cnc3c(NCCc4ccccc4)nc(C#Cc4ccc(C)s4)nc31)[C@H](O)C2O. The van der Waals surface area contributed by atoms with E-state index in [-0.39, 0.29) is 11.7 Å². The van der Waals surface area contributed by atoms with Gasteiger partial charge in [-0.25, -0.2) is 15.0 Å². The molecule has 0 saturated heterocycles. The number of carbonyl (C=O) groups is 1. The molecule has 0 amide bonds. The first-order chi connectivity index (χ1) is 17.9. The third-order valence-corrected chi connectivity index (χ3v) is 8.57. The minimum atomic E-state index is -1.11. The fourth-order valence-electron chi connectivity index (χ4n) is 5.67. The first kappa shape index (κ1) is 23.8. The van der Waals surface area contributed by atoms with Crippen LogP contribution in [0.3, 0.4) is 0 Å². The Morgan fingerprint density at radius 1 is 1.19 bits per heavy atom. The number of carbonyl (C=O) groups excluding carboxylic acids is 1. The summed E-state index contributed by atoms with van der Waals surface area (Å²) >= 11 is 1.60. The summed E-state index contributed by atoms with van der Waals surface area (Å²) in [5.74, 6) is 6.87. The van der Waals surface area contributed by atoms with E-state index in [9.17, 15) is 15.0 Å². The summed E-state index contributed by atoms with van der Waals surface area (Å²) in [5.41, 5.74) is 1.40. The van der Waals surface area contributed by atoms with Crippen LogP contribution in [-0.4, -0.2) is 54.3 Å². The molecule has 2 unspecified atom stereocenters. The van der Waals surface area contributed by atoms with E-state index in [0.29, 0.717) is 35.8 Å². The van der Waals surface area contributed by atoms with E-state index in [4.69, 9.17) is 4.98 Å². The van der Waals surface area contributed by atoms with Crippen molar-refractivity contribution in [2.45, 2.75) is 44.9 Å². The van der Waals surface area contributed by atoms with Gasteiger partial charge in [0.05, 0.1) is 28.8 Å². The molecule has 8 nitrogen and oxygen atoms in total. The molecule has 2 aliphatic rings. The molecule has 3 aromatic heterocycles. The van der Waals surface area contributed by atoms with Crippen LogP contribution >= 0.6 is 11.3 Å². The molecule has 1 aromatic carbocycles. The number of thiophene rings is 1. The lowest BCUT2D eigenvalue weighted by molar-refractivity contribution is -0.128. The van der Waals surface area contributed by atoms with E-state index in [1.807, 2.05) is 37.3 Å². The third kappa shape index (κ3) is 4.02. The van der Waals surface area contributed by atoms with Crippen LogP contribution in [0.2, 0.25) is 0 Å². The Kier molecular flexibility index (Phi) is 5.83. The topological polar surface area (TPSA) is 113 Å². The molecule has 4 aromatic rings. The molecule has 0 bridgehead atoms. The molecule has 9 heteroatoms. The second-order valence-corrected chi connectivity index (χ2v) is 11.2. The van der Waals surface area contributed by atoms with E-state index < -0.39 is 23.7 Å².